The van der Waals surface area contributed by atoms with Gasteiger partial charge in [0.1, 0.15) is 23.7 Å². The maximum absolute atomic E-state index is 12.4. The zero-order chi connectivity index (χ0) is 27.9. The van der Waals surface area contributed by atoms with E-state index in [1.54, 1.807) is 17.4 Å². The summed E-state index contributed by atoms with van der Waals surface area (Å²) in [6.45, 7) is 10.5. The first kappa shape index (κ1) is 28.9. The molecule has 3 N–H and O–H groups in total. The largest absolute Gasteiger partial charge is 0.488 e. The van der Waals surface area contributed by atoms with E-state index in [-0.39, 0.29) is 30.0 Å². The molecular weight excluding hydrogens is 564 g/mol. The first-order chi connectivity index (χ1) is 19.2. The molecule has 1 aliphatic rings. The first-order valence-corrected chi connectivity index (χ1v) is 14.1. The molecule has 2 unspecified atom stereocenters. The molecular formula is C29H33ClN6O4S. The number of carbonyl (C=O) groups excluding carboxylic acids is 1. The fraction of sp³-hybridized carbons (Fsp3) is 0.345. The number of urea groups is 1. The van der Waals surface area contributed by atoms with Crippen LogP contribution >= 0.6 is 23.7 Å². The summed E-state index contributed by atoms with van der Waals surface area (Å²) in [6, 6.07) is 15.0. The van der Waals surface area contributed by atoms with Gasteiger partial charge in [0.2, 0.25) is 0 Å². The van der Waals surface area contributed by atoms with Gasteiger partial charge in [-0.15, -0.1) is 12.4 Å². The van der Waals surface area contributed by atoms with Gasteiger partial charge in [-0.05, 0) is 31.2 Å². The number of aromatic nitrogens is 3. The van der Waals surface area contributed by atoms with Crippen LogP contribution in [0.5, 0.6) is 5.75 Å². The minimum atomic E-state index is -0.394. The summed E-state index contributed by atoms with van der Waals surface area (Å²) >= 11 is 1.63. The van der Waals surface area contributed by atoms with E-state index in [9.17, 15) is 4.79 Å². The highest BCUT2D eigenvalue weighted by Crippen LogP contribution is 2.32. The van der Waals surface area contributed by atoms with Gasteiger partial charge in [0, 0.05) is 48.1 Å². The van der Waals surface area contributed by atoms with Gasteiger partial charge in [-0.25, -0.2) is 9.78 Å². The van der Waals surface area contributed by atoms with Crippen LogP contribution in [0.15, 0.2) is 59.3 Å². The number of ether oxygens (including phenoxy) is 2. The highest BCUT2D eigenvalue weighted by Gasteiger charge is 2.23. The van der Waals surface area contributed by atoms with Crippen molar-refractivity contribution in [1.82, 2.24) is 19.9 Å². The lowest BCUT2D eigenvalue weighted by molar-refractivity contribution is -0.0349. The summed E-state index contributed by atoms with van der Waals surface area (Å²) in [4.78, 5) is 18.2. The number of nitrogens with zero attached hydrogens (tertiary/aromatic N) is 3. The molecule has 0 spiro atoms. The molecule has 41 heavy (non-hydrogen) atoms. The summed E-state index contributed by atoms with van der Waals surface area (Å²) in [6.07, 6.45) is 1.99. The summed E-state index contributed by atoms with van der Waals surface area (Å²) in [5, 5.41) is 12.8. The lowest BCUT2D eigenvalue weighted by atomic mass is 9.93. The topological polar surface area (TPSA) is 115 Å². The molecule has 0 bridgehead atoms. The SMILES string of the molecule is CC(Oc1ccc2sc3nc(-c4ccc(NC(=O)Nc5cc(C(C)(C)C)on5)cc4)cn3c2c1)C1CNCCO1.Cl. The number of fused-ring (bicyclic) bond motifs is 3. The molecule has 0 saturated carbocycles. The lowest BCUT2D eigenvalue weighted by Crippen LogP contribution is -2.46. The number of benzene rings is 2. The van der Waals surface area contributed by atoms with E-state index in [4.69, 9.17) is 19.0 Å². The normalized spacial score (nSPS) is 16.3. The highest BCUT2D eigenvalue weighted by molar-refractivity contribution is 7.23. The average Bonchev–Trinajstić information content (AvgIpc) is 3.65. The monoisotopic (exact) mass is 596 g/mol. The summed E-state index contributed by atoms with van der Waals surface area (Å²) in [7, 11) is 0. The van der Waals surface area contributed by atoms with E-state index in [1.807, 2.05) is 64.2 Å². The van der Waals surface area contributed by atoms with Gasteiger partial charge < -0.3 is 24.6 Å². The highest BCUT2D eigenvalue weighted by atomic mass is 35.5. The van der Waals surface area contributed by atoms with Crippen LogP contribution in [0, 0.1) is 0 Å². The molecule has 6 rings (SSSR count). The van der Waals surface area contributed by atoms with Crippen LogP contribution in [0.1, 0.15) is 33.5 Å². The summed E-state index contributed by atoms with van der Waals surface area (Å²) < 4.78 is 20.6. The number of hydrogen-bond donors (Lipinski definition) is 3. The predicted molar refractivity (Wildman–Crippen MR) is 164 cm³/mol. The van der Waals surface area contributed by atoms with E-state index >= 15 is 0 Å². The molecule has 2 atom stereocenters. The number of halogens is 1. The third kappa shape index (κ3) is 6.33. The predicted octanol–water partition coefficient (Wildman–Crippen LogP) is 6.32. The van der Waals surface area contributed by atoms with Gasteiger partial charge >= 0.3 is 6.03 Å². The minimum Gasteiger partial charge on any atom is -0.488 e. The van der Waals surface area contributed by atoms with E-state index in [0.717, 1.165) is 45.3 Å². The number of morpholine rings is 1. The van der Waals surface area contributed by atoms with Gasteiger partial charge in [0.25, 0.3) is 0 Å². The summed E-state index contributed by atoms with van der Waals surface area (Å²) in [5.41, 5.74) is 3.31. The van der Waals surface area contributed by atoms with Crippen molar-refractivity contribution in [2.45, 2.75) is 45.3 Å². The molecule has 10 nitrogen and oxygen atoms in total. The fourth-order valence-corrected chi connectivity index (χ4v) is 5.55. The molecule has 0 radical (unpaired) electrons. The molecule has 2 amide bonds. The molecule has 5 aromatic rings. The van der Waals surface area contributed by atoms with Gasteiger partial charge in [-0.1, -0.05) is 49.4 Å². The Morgan fingerprint density at radius 1 is 1.17 bits per heavy atom. The molecule has 2 aromatic carbocycles. The minimum absolute atomic E-state index is 0. The molecule has 1 saturated heterocycles. The van der Waals surface area contributed by atoms with E-state index in [2.05, 4.69) is 37.6 Å². The van der Waals surface area contributed by atoms with E-state index in [1.165, 1.54) is 0 Å². The van der Waals surface area contributed by atoms with Gasteiger partial charge in [-0.3, -0.25) is 9.72 Å². The molecule has 3 aromatic heterocycles. The number of imidazole rings is 1. The van der Waals surface area contributed by atoms with Crippen molar-refractivity contribution < 1.29 is 18.8 Å². The molecule has 216 valence electrons. The standard InChI is InChI=1S/C29H32N6O4S.ClH/c1-17(23-15-30-11-12-37-23)38-20-9-10-24-22(13-20)35-16-21(32-28(35)40-24)18-5-7-19(8-6-18)31-27(36)33-26-14-25(39-34-26)29(2,3)4;/h5-10,13-14,16-17,23,30H,11-12,15H2,1-4H3,(H2,31,33,34,36);1H. The number of amides is 2. The van der Waals surface area contributed by atoms with Crippen molar-refractivity contribution in [3.05, 3.63) is 60.5 Å². The van der Waals surface area contributed by atoms with Gasteiger partial charge in [-0.2, -0.15) is 0 Å². The number of thiazole rings is 1. The smallest absolute Gasteiger partial charge is 0.324 e. The Morgan fingerprint density at radius 3 is 2.68 bits per heavy atom. The zero-order valence-corrected chi connectivity index (χ0v) is 24.9. The second-order valence-corrected chi connectivity index (χ2v) is 11.9. The number of hydrogen-bond acceptors (Lipinski definition) is 8. The fourth-order valence-electron chi connectivity index (χ4n) is 4.56. The van der Waals surface area contributed by atoms with Crippen LogP contribution in [0.2, 0.25) is 0 Å². The quantitative estimate of drug-likeness (QED) is 0.210. The molecule has 12 heteroatoms. The number of anilines is 2. The second-order valence-electron chi connectivity index (χ2n) is 10.9. The Bertz CT molecular complexity index is 1650. The molecule has 4 heterocycles. The van der Waals surface area contributed by atoms with E-state index in [0.29, 0.717) is 23.9 Å². The Balaban J connectivity index is 0.00000337. The van der Waals surface area contributed by atoms with Gasteiger partial charge in [0.05, 0.1) is 22.5 Å². The lowest BCUT2D eigenvalue weighted by Gasteiger charge is -2.29. The van der Waals surface area contributed by atoms with Crippen LogP contribution in [0.4, 0.5) is 16.3 Å². The maximum Gasteiger partial charge on any atom is 0.324 e. The third-order valence-electron chi connectivity index (χ3n) is 6.80. The van der Waals surface area contributed by atoms with Crippen molar-refractivity contribution in [2.75, 3.05) is 30.3 Å². The van der Waals surface area contributed by atoms with Crippen molar-refractivity contribution in [1.29, 1.82) is 0 Å². The summed E-state index contributed by atoms with van der Waals surface area (Å²) in [5.74, 6) is 1.87. The van der Waals surface area contributed by atoms with Crippen molar-refractivity contribution in [2.24, 2.45) is 0 Å². The van der Waals surface area contributed by atoms with Crippen molar-refractivity contribution >= 4 is 56.5 Å². The van der Waals surface area contributed by atoms with Crippen LogP contribution in [0.3, 0.4) is 0 Å². The Hall–Kier alpha value is -3.64. The Morgan fingerprint density at radius 2 is 1.98 bits per heavy atom. The first-order valence-electron chi connectivity index (χ1n) is 13.3. The van der Waals surface area contributed by atoms with E-state index < -0.39 is 6.03 Å². The zero-order valence-electron chi connectivity index (χ0n) is 23.3. The maximum atomic E-state index is 12.4. The van der Waals surface area contributed by atoms with Crippen LogP contribution in [0.25, 0.3) is 26.4 Å². The second kappa shape index (κ2) is 11.7. The Kier molecular flexibility index (Phi) is 8.23. The van der Waals surface area contributed by atoms with Crippen molar-refractivity contribution in [3.8, 4) is 17.0 Å². The molecule has 1 aliphatic heterocycles. The number of carbonyl (C=O) groups is 1. The average molecular weight is 597 g/mol. The van der Waals surface area contributed by atoms with Crippen LogP contribution in [-0.4, -0.2) is 52.5 Å². The van der Waals surface area contributed by atoms with Crippen LogP contribution < -0.4 is 20.7 Å². The third-order valence-corrected chi connectivity index (χ3v) is 7.83. The molecule has 0 aliphatic carbocycles. The number of rotatable bonds is 6. The van der Waals surface area contributed by atoms with Crippen LogP contribution in [-0.2, 0) is 10.2 Å². The number of nitrogens with one attached hydrogen (secondary N) is 3. The Labute approximate surface area is 247 Å². The van der Waals surface area contributed by atoms with Crippen molar-refractivity contribution in [3.63, 3.8) is 0 Å². The van der Waals surface area contributed by atoms with Gasteiger partial charge in [0.15, 0.2) is 10.8 Å². The molecule has 1 fully saturated rings.